The van der Waals surface area contributed by atoms with Gasteiger partial charge in [0.2, 0.25) is 10.0 Å². The third-order valence-electron chi connectivity index (χ3n) is 6.53. The molecule has 0 N–H and O–H groups in total. The van der Waals surface area contributed by atoms with E-state index in [1.807, 2.05) is 27.1 Å². The molecule has 0 aliphatic carbocycles. The van der Waals surface area contributed by atoms with Crippen molar-refractivity contribution in [3.63, 3.8) is 0 Å². The van der Waals surface area contributed by atoms with E-state index in [0.717, 1.165) is 60.0 Å². The number of fused-ring (bicyclic) bond motifs is 1. The average Bonchev–Trinajstić information content (AvgIpc) is 3.30. The largest absolute Gasteiger partial charge is 0.309 e. The van der Waals surface area contributed by atoms with Gasteiger partial charge in [0, 0.05) is 25.2 Å². The molecule has 0 saturated heterocycles. The number of aromatic nitrogens is 1. The highest BCUT2D eigenvalue weighted by Gasteiger charge is 2.26. The number of nitrogens with zero attached hydrogens (tertiary/aromatic N) is 4. The van der Waals surface area contributed by atoms with E-state index in [9.17, 15) is 13.2 Å². The van der Waals surface area contributed by atoms with Crippen LogP contribution < -0.4 is 4.90 Å². The molecule has 0 bridgehead atoms. The molecule has 0 radical (unpaired) electrons. The fourth-order valence-electron chi connectivity index (χ4n) is 4.40. The van der Waals surface area contributed by atoms with E-state index in [1.165, 1.54) is 11.3 Å². The minimum atomic E-state index is -3.62. The second kappa shape index (κ2) is 13.6. The molecule has 0 fully saturated rings. The van der Waals surface area contributed by atoms with E-state index in [4.69, 9.17) is 4.98 Å². The predicted molar refractivity (Wildman–Crippen MR) is 159 cm³/mol. The van der Waals surface area contributed by atoms with Crippen LogP contribution in [0.3, 0.4) is 0 Å². The Hall–Kier alpha value is -2.33. The molecule has 3 rings (SSSR count). The lowest BCUT2D eigenvalue weighted by atomic mass is 10.1. The van der Waals surface area contributed by atoms with Crippen molar-refractivity contribution in [2.24, 2.45) is 0 Å². The van der Waals surface area contributed by atoms with Gasteiger partial charge in [0.05, 0.1) is 15.1 Å². The zero-order valence-corrected chi connectivity index (χ0v) is 25.3. The Labute approximate surface area is 232 Å². The van der Waals surface area contributed by atoms with Gasteiger partial charge in [0.1, 0.15) is 0 Å². The first kappa shape index (κ1) is 30.2. The first-order valence-corrected chi connectivity index (χ1v) is 15.8. The Balaban J connectivity index is 1.91. The van der Waals surface area contributed by atoms with Gasteiger partial charge in [0.25, 0.3) is 5.91 Å². The normalized spacial score (nSPS) is 12.1. The van der Waals surface area contributed by atoms with Crippen molar-refractivity contribution in [3.8, 4) is 0 Å². The molecule has 7 nitrogen and oxygen atoms in total. The van der Waals surface area contributed by atoms with Crippen LogP contribution in [0.1, 0.15) is 67.4 Å². The van der Waals surface area contributed by atoms with Crippen LogP contribution in [0.5, 0.6) is 0 Å². The van der Waals surface area contributed by atoms with Crippen molar-refractivity contribution in [3.05, 3.63) is 53.1 Å². The highest BCUT2D eigenvalue weighted by atomic mass is 32.2. The molecule has 0 aliphatic rings. The van der Waals surface area contributed by atoms with Gasteiger partial charge in [-0.1, -0.05) is 44.1 Å². The average molecular weight is 559 g/mol. The summed E-state index contributed by atoms with van der Waals surface area (Å²) in [5.74, 6) is -0.171. The van der Waals surface area contributed by atoms with E-state index in [0.29, 0.717) is 30.3 Å². The molecule has 1 amide bonds. The van der Waals surface area contributed by atoms with E-state index in [2.05, 4.69) is 31.7 Å². The Morgan fingerprint density at radius 1 is 0.895 bits per heavy atom. The van der Waals surface area contributed by atoms with Crippen LogP contribution in [0.15, 0.2) is 41.3 Å². The number of benzene rings is 2. The number of aryl methyl sites for hydroxylation is 2. The summed E-state index contributed by atoms with van der Waals surface area (Å²) in [6, 6.07) is 10.6. The smallest absolute Gasteiger partial charge is 0.260 e. The Morgan fingerprint density at radius 3 is 2.11 bits per heavy atom. The molecule has 38 heavy (non-hydrogen) atoms. The Kier molecular flexibility index (Phi) is 10.8. The molecule has 1 heterocycles. The third-order valence-corrected chi connectivity index (χ3v) is 9.68. The maximum absolute atomic E-state index is 13.7. The quantitative estimate of drug-likeness (QED) is 0.239. The fraction of sp³-hybridized carbons (Fsp3) is 0.517. The molecule has 9 heteroatoms. The van der Waals surface area contributed by atoms with Crippen LogP contribution in [0.25, 0.3) is 10.2 Å². The van der Waals surface area contributed by atoms with Crippen molar-refractivity contribution < 1.29 is 13.2 Å². The van der Waals surface area contributed by atoms with Crippen LogP contribution in [0, 0.1) is 13.8 Å². The number of hydrogen-bond donors (Lipinski definition) is 0. The van der Waals surface area contributed by atoms with Crippen molar-refractivity contribution >= 4 is 42.6 Å². The first-order chi connectivity index (χ1) is 18.1. The summed E-state index contributed by atoms with van der Waals surface area (Å²) in [5.41, 5.74) is 3.64. The lowest BCUT2D eigenvalue weighted by Gasteiger charge is -2.23. The number of carbonyl (C=O) groups excluding carboxylic acids is 1. The van der Waals surface area contributed by atoms with Gasteiger partial charge >= 0.3 is 0 Å². The van der Waals surface area contributed by atoms with Crippen LogP contribution in [-0.4, -0.2) is 68.8 Å². The van der Waals surface area contributed by atoms with Gasteiger partial charge in [-0.15, -0.1) is 0 Å². The van der Waals surface area contributed by atoms with Crippen LogP contribution in [0.4, 0.5) is 5.13 Å². The predicted octanol–water partition coefficient (Wildman–Crippen LogP) is 6.10. The highest BCUT2D eigenvalue weighted by Crippen LogP contribution is 2.33. The summed E-state index contributed by atoms with van der Waals surface area (Å²) in [5, 5.41) is 0.666. The van der Waals surface area contributed by atoms with Gasteiger partial charge in [-0.2, -0.15) is 4.31 Å². The van der Waals surface area contributed by atoms with Crippen molar-refractivity contribution in [1.29, 1.82) is 0 Å². The molecule has 208 valence electrons. The number of anilines is 1. The maximum atomic E-state index is 13.7. The van der Waals surface area contributed by atoms with Crippen molar-refractivity contribution in [2.45, 2.75) is 64.7 Å². The standard InChI is InChI=1S/C29H42N4O3S2/c1-7-9-17-32(18-10-8-2)38(35,36)25-14-12-24(13-15-25)28(34)33(19-11-16-31(5)6)29-30-26-21-22(3)20-23(4)27(26)37-29/h12-15,20-21H,7-11,16-19H2,1-6H3. The minimum absolute atomic E-state index is 0.171. The van der Waals surface area contributed by atoms with Crippen LogP contribution in [-0.2, 0) is 10.0 Å². The number of hydrogen-bond acceptors (Lipinski definition) is 6. The molecule has 2 aromatic carbocycles. The zero-order chi connectivity index (χ0) is 27.9. The number of amides is 1. The molecular formula is C29H42N4O3S2. The van der Waals surface area contributed by atoms with E-state index < -0.39 is 10.0 Å². The monoisotopic (exact) mass is 558 g/mol. The maximum Gasteiger partial charge on any atom is 0.260 e. The lowest BCUT2D eigenvalue weighted by molar-refractivity contribution is 0.0986. The SMILES string of the molecule is CCCCN(CCCC)S(=O)(=O)c1ccc(C(=O)N(CCCN(C)C)c2nc3cc(C)cc(C)c3s2)cc1. The van der Waals surface area contributed by atoms with Gasteiger partial charge in [-0.3, -0.25) is 9.69 Å². The number of sulfonamides is 1. The number of rotatable bonds is 14. The highest BCUT2D eigenvalue weighted by molar-refractivity contribution is 7.89. The van der Waals surface area contributed by atoms with Gasteiger partial charge in [0.15, 0.2) is 5.13 Å². The van der Waals surface area contributed by atoms with Gasteiger partial charge in [-0.05, 0) is 95.2 Å². The molecule has 0 aliphatic heterocycles. The summed E-state index contributed by atoms with van der Waals surface area (Å²) in [6.45, 7) is 10.6. The Morgan fingerprint density at radius 2 is 1.53 bits per heavy atom. The van der Waals surface area contributed by atoms with E-state index in [1.54, 1.807) is 33.5 Å². The third kappa shape index (κ3) is 7.40. The Bertz CT molecular complexity index is 1310. The zero-order valence-electron chi connectivity index (χ0n) is 23.7. The summed E-state index contributed by atoms with van der Waals surface area (Å²) in [6.07, 6.45) is 4.30. The summed E-state index contributed by atoms with van der Waals surface area (Å²) < 4.78 is 29.4. The minimum Gasteiger partial charge on any atom is -0.309 e. The van der Waals surface area contributed by atoms with E-state index in [-0.39, 0.29) is 10.8 Å². The fourth-order valence-corrected chi connectivity index (χ4v) is 6.96. The molecule has 3 aromatic rings. The number of unbranched alkanes of at least 4 members (excludes halogenated alkanes) is 2. The van der Waals surface area contributed by atoms with Crippen molar-refractivity contribution in [2.75, 3.05) is 45.2 Å². The molecule has 0 atom stereocenters. The summed E-state index contributed by atoms with van der Waals surface area (Å²) in [4.78, 5) is 22.6. The summed E-state index contributed by atoms with van der Waals surface area (Å²) in [7, 11) is 0.409. The molecular weight excluding hydrogens is 516 g/mol. The molecule has 0 saturated carbocycles. The van der Waals surface area contributed by atoms with Crippen LogP contribution >= 0.6 is 11.3 Å². The van der Waals surface area contributed by atoms with E-state index >= 15 is 0 Å². The molecule has 1 aromatic heterocycles. The van der Waals surface area contributed by atoms with Crippen molar-refractivity contribution in [1.82, 2.24) is 14.2 Å². The second-order valence-corrected chi connectivity index (χ2v) is 13.1. The summed E-state index contributed by atoms with van der Waals surface area (Å²) >= 11 is 1.53. The van der Waals surface area contributed by atoms with Gasteiger partial charge in [-0.25, -0.2) is 13.4 Å². The van der Waals surface area contributed by atoms with Crippen LogP contribution in [0.2, 0.25) is 0 Å². The molecule has 0 spiro atoms. The number of thiazole rings is 1. The topological polar surface area (TPSA) is 73.8 Å². The first-order valence-electron chi connectivity index (χ1n) is 13.5. The lowest BCUT2D eigenvalue weighted by Crippen LogP contribution is -2.34. The van der Waals surface area contributed by atoms with Gasteiger partial charge < -0.3 is 4.90 Å². The second-order valence-electron chi connectivity index (χ2n) is 10.2. The molecule has 0 unspecified atom stereocenters. The number of carbonyl (C=O) groups is 1.